The molecule has 0 radical (unpaired) electrons. The van der Waals surface area contributed by atoms with Crippen molar-refractivity contribution in [2.75, 3.05) is 17.5 Å². The number of carboxylic acid groups (broad SMARTS) is 1. The fourth-order valence-corrected chi connectivity index (χ4v) is 5.02. The quantitative estimate of drug-likeness (QED) is 0.355. The van der Waals surface area contributed by atoms with Crippen molar-refractivity contribution in [1.82, 2.24) is 9.29 Å². The first kappa shape index (κ1) is 29.8. The van der Waals surface area contributed by atoms with Crippen LogP contribution in [-0.2, 0) is 31.4 Å². The van der Waals surface area contributed by atoms with Gasteiger partial charge in [0.05, 0.1) is 16.3 Å². The topological polar surface area (TPSA) is 135 Å². The van der Waals surface area contributed by atoms with Crippen LogP contribution in [-0.4, -0.2) is 50.9 Å². The fourth-order valence-electron chi connectivity index (χ4n) is 2.95. The number of hydrogen-bond donors (Lipinski definition) is 3. The summed E-state index contributed by atoms with van der Waals surface area (Å²) in [4.78, 5) is 8.77. The van der Waals surface area contributed by atoms with Gasteiger partial charge in [-0.3, -0.25) is 4.72 Å². The summed E-state index contributed by atoms with van der Waals surface area (Å²) in [5.41, 5.74) is 1.11. The zero-order valence-electron chi connectivity index (χ0n) is 19.5. The summed E-state index contributed by atoms with van der Waals surface area (Å²) >= 11 is 0. The predicted molar refractivity (Wildman–Crippen MR) is 128 cm³/mol. The third kappa shape index (κ3) is 7.77. The lowest BCUT2D eigenvalue weighted by atomic mass is 10.1. The number of rotatable bonds is 8. The monoisotopic (exact) mass is 565 g/mol. The highest BCUT2D eigenvalue weighted by Gasteiger charge is 2.38. The molecule has 202 valence electrons. The van der Waals surface area contributed by atoms with E-state index < -0.39 is 38.0 Å². The number of aliphatic carboxylic acids is 1. The van der Waals surface area contributed by atoms with E-state index >= 15 is 0 Å². The number of alkyl halides is 3. The molecule has 15 heteroatoms. The van der Waals surface area contributed by atoms with Crippen molar-refractivity contribution >= 4 is 31.7 Å². The van der Waals surface area contributed by atoms with Crippen LogP contribution in [0.5, 0.6) is 0 Å². The van der Waals surface area contributed by atoms with E-state index in [4.69, 9.17) is 9.90 Å². The highest BCUT2D eigenvalue weighted by Crippen LogP contribution is 2.30. The molecule has 0 saturated carbocycles. The van der Waals surface area contributed by atoms with Crippen molar-refractivity contribution in [2.45, 2.75) is 24.5 Å². The second kappa shape index (κ2) is 11.7. The van der Waals surface area contributed by atoms with Crippen LogP contribution in [0.1, 0.15) is 12.5 Å². The second-order valence-corrected chi connectivity index (χ2v) is 11.2. The first-order chi connectivity index (χ1) is 17.1. The summed E-state index contributed by atoms with van der Waals surface area (Å²) in [6.07, 6.45) is -3.66. The molecule has 1 heterocycles. The first-order valence-corrected chi connectivity index (χ1v) is 13.5. The summed E-state index contributed by atoms with van der Waals surface area (Å²) in [6.45, 7) is 1.87. The highest BCUT2D eigenvalue weighted by molar-refractivity contribution is 7.92. The molecule has 0 spiro atoms. The second-order valence-electron chi connectivity index (χ2n) is 7.38. The maximum Gasteiger partial charge on any atom is 0.490 e. The Morgan fingerprint density at radius 1 is 1.03 bits per heavy atom. The SMILES string of the molecule is CCS(=O)(=O)Nc1cccc(S(=O)(=O)n2cc(CNC)cc2-c2ccccc2F)c1.O=C(O)C(F)(F)F. The van der Waals surface area contributed by atoms with Gasteiger partial charge >= 0.3 is 12.1 Å². The molecular weight excluding hydrogens is 542 g/mol. The van der Waals surface area contributed by atoms with Gasteiger partial charge in [0.2, 0.25) is 10.0 Å². The maximum absolute atomic E-state index is 14.4. The van der Waals surface area contributed by atoms with Gasteiger partial charge in [-0.25, -0.2) is 30.0 Å². The van der Waals surface area contributed by atoms with Crippen LogP contribution >= 0.6 is 0 Å². The van der Waals surface area contributed by atoms with Crippen LogP contribution in [0.3, 0.4) is 0 Å². The van der Waals surface area contributed by atoms with Crippen LogP contribution in [0.4, 0.5) is 23.2 Å². The van der Waals surface area contributed by atoms with Gasteiger partial charge in [0.25, 0.3) is 10.0 Å². The molecule has 3 rings (SSSR count). The van der Waals surface area contributed by atoms with Gasteiger partial charge in [-0.05, 0) is 55.9 Å². The molecule has 0 fully saturated rings. The van der Waals surface area contributed by atoms with Gasteiger partial charge in [-0.2, -0.15) is 13.2 Å². The van der Waals surface area contributed by atoms with Crippen molar-refractivity contribution in [3.63, 3.8) is 0 Å². The van der Waals surface area contributed by atoms with E-state index in [1.165, 1.54) is 55.6 Å². The van der Waals surface area contributed by atoms with E-state index in [0.29, 0.717) is 12.1 Å². The standard InChI is InChI=1S/C20H22FN3O4S2.C2HF3O2/c1-3-29(25,26)23-16-7-6-8-17(12-16)30(27,28)24-14-15(13-22-2)11-20(24)18-9-4-5-10-19(18)21;3-2(4,5)1(6)7/h4-12,14,22-23H,3,13H2,1-2H3;(H,6,7). The number of carboxylic acids is 1. The van der Waals surface area contributed by atoms with Crippen LogP contribution in [0.15, 0.2) is 65.7 Å². The zero-order chi connectivity index (χ0) is 28.0. The minimum absolute atomic E-state index is 0.122. The van der Waals surface area contributed by atoms with Crippen molar-refractivity contribution < 1.29 is 44.3 Å². The molecule has 2 aromatic carbocycles. The number of hydrogen-bond acceptors (Lipinski definition) is 6. The average Bonchev–Trinajstić information content (AvgIpc) is 3.24. The largest absolute Gasteiger partial charge is 0.490 e. The molecule has 0 saturated heterocycles. The summed E-state index contributed by atoms with van der Waals surface area (Å²) in [5, 5.41) is 10.1. The summed E-state index contributed by atoms with van der Waals surface area (Å²) in [7, 11) is -5.98. The van der Waals surface area contributed by atoms with E-state index in [9.17, 15) is 34.4 Å². The normalized spacial score (nSPS) is 11.9. The number of aromatic nitrogens is 1. The summed E-state index contributed by atoms with van der Waals surface area (Å²) in [5.74, 6) is -3.45. The van der Waals surface area contributed by atoms with Crippen molar-refractivity contribution in [3.05, 3.63) is 72.2 Å². The van der Waals surface area contributed by atoms with E-state index in [1.54, 1.807) is 19.2 Å². The molecule has 0 aliphatic heterocycles. The Morgan fingerprint density at radius 3 is 2.19 bits per heavy atom. The van der Waals surface area contributed by atoms with Gasteiger partial charge in [-0.15, -0.1) is 0 Å². The van der Waals surface area contributed by atoms with Crippen molar-refractivity contribution in [3.8, 4) is 11.3 Å². The molecule has 0 unspecified atom stereocenters. The maximum atomic E-state index is 14.4. The molecule has 0 aliphatic carbocycles. The number of nitrogens with zero attached hydrogens (tertiary/aromatic N) is 1. The lowest BCUT2D eigenvalue weighted by molar-refractivity contribution is -0.192. The Labute approximate surface area is 210 Å². The van der Waals surface area contributed by atoms with Crippen LogP contribution in [0.2, 0.25) is 0 Å². The Kier molecular flexibility index (Phi) is 9.46. The third-order valence-electron chi connectivity index (χ3n) is 4.66. The fraction of sp³-hybridized carbons (Fsp3) is 0.227. The van der Waals surface area contributed by atoms with Crippen molar-refractivity contribution in [2.24, 2.45) is 0 Å². The smallest absolute Gasteiger partial charge is 0.475 e. The molecule has 0 aliphatic rings. The van der Waals surface area contributed by atoms with Crippen LogP contribution in [0.25, 0.3) is 11.3 Å². The van der Waals surface area contributed by atoms with Gasteiger partial charge in [0.1, 0.15) is 5.82 Å². The Bertz CT molecular complexity index is 1470. The molecule has 3 N–H and O–H groups in total. The number of benzene rings is 2. The molecule has 3 aromatic rings. The molecule has 1 aromatic heterocycles. The van der Waals surface area contributed by atoms with E-state index in [-0.39, 0.29) is 27.6 Å². The van der Waals surface area contributed by atoms with E-state index in [1.807, 2.05) is 0 Å². The number of sulfonamides is 1. The molecular formula is C22H23F4N3O6S2. The summed E-state index contributed by atoms with van der Waals surface area (Å²) < 4.78 is 100.0. The molecule has 37 heavy (non-hydrogen) atoms. The molecule has 0 bridgehead atoms. The van der Waals surface area contributed by atoms with Crippen LogP contribution in [0, 0.1) is 5.82 Å². The Hall–Kier alpha value is -3.43. The van der Waals surface area contributed by atoms with Crippen LogP contribution < -0.4 is 10.0 Å². The van der Waals surface area contributed by atoms with Gasteiger partial charge in [0.15, 0.2) is 0 Å². The Morgan fingerprint density at radius 2 is 1.65 bits per heavy atom. The average molecular weight is 566 g/mol. The number of halogens is 4. The minimum atomic E-state index is -5.08. The van der Waals surface area contributed by atoms with E-state index in [2.05, 4.69) is 10.0 Å². The van der Waals surface area contributed by atoms with Crippen molar-refractivity contribution in [1.29, 1.82) is 0 Å². The van der Waals surface area contributed by atoms with Gasteiger partial charge < -0.3 is 10.4 Å². The molecule has 0 atom stereocenters. The third-order valence-corrected chi connectivity index (χ3v) is 7.64. The predicted octanol–water partition coefficient (Wildman–Crippen LogP) is 3.65. The molecule has 9 nitrogen and oxygen atoms in total. The first-order valence-electron chi connectivity index (χ1n) is 10.4. The molecule has 0 amide bonds. The van der Waals surface area contributed by atoms with Gasteiger partial charge in [0, 0.05) is 24.0 Å². The summed E-state index contributed by atoms with van der Waals surface area (Å²) in [6, 6.07) is 13.0. The van der Waals surface area contributed by atoms with E-state index in [0.717, 1.165) is 3.97 Å². The number of carbonyl (C=O) groups is 1. The van der Waals surface area contributed by atoms with Gasteiger partial charge in [-0.1, -0.05) is 18.2 Å². The lowest BCUT2D eigenvalue weighted by Crippen LogP contribution is -2.21. The highest BCUT2D eigenvalue weighted by atomic mass is 32.2. The zero-order valence-corrected chi connectivity index (χ0v) is 21.1. The Balaban J connectivity index is 0.000000604. The minimum Gasteiger partial charge on any atom is -0.475 e. The number of nitrogens with one attached hydrogen (secondary N) is 2. The number of anilines is 1. The lowest BCUT2D eigenvalue weighted by Gasteiger charge is -2.13.